The lowest BCUT2D eigenvalue weighted by atomic mass is 10.1. The Hall–Kier alpha value is -1.95. The second-order valence-corrected chi connectivity index (χ2v) is 4.52. The van der Waals surface area contributed by atoms with Crippen LogP contribution in [0.4, 0.5) is 4.79 Å². The van der Waals surface area contributed by atoms with Crippen molar-refractivity contribution in [1.29, 1.82) is 0 Å². The number of carbonyl (C=O) groups is 1. The van der Waals surface area contributed by atoms with Crippen LogP contribution in [0, 0.1) is 0 Å². The third-order valence-electron chi connectivity index (χ3n) is 3.38. The number of rotatable bonds is 3. The van der Waals surface area contributed by atoms with E-state index in [0.29, 0.717) is 32.1 Å². The number of nitrogens with zero attached hydrogens (tertiary/aromatic N) is 1. The van der Waals surface area contributed by atoms with Crippen molar-refractivity contribution < 1.29 is 19.4 Å². The van der Waals surface area contributed by atoms with Crippen LogP contribution in [0.2, 0.25) is 0 Å². The number of carbonyl (C=O) groups excluding carboxylic acids is 1. The number of hydrogen-bond acceptors (Lipinski definition) is 4. The van der Waals surface area contributed by atoms with Crippen LogP contribution in [0.5, 0.6) is 11.5 Å². The maximum absolute atomic E-state index is 11.7. The maximum atomic E-state index is 11.7. The summed E-state index contributed by atoms with van der Waals surface area (Å²) in [6, 6.07) is 5.49. The molecule has 19 heavy (non-hydrogen) atoms. The Bertz CT molecular complexity index is 492. The number of hydrogen-bond donors (Lipinski definition) is 2. The number of ether oxygens (including phenoxy) is 2. The first-order valence-corrected chi connectivity index (χ1v) is 6.34. The van der Waals surface area contributed by atoms with Crippen LogP contribution >= 0.6 is 0 Å². The van der Waals surface area contributed by atoms with Crippen LogP contribution in [0.25, 0.3) is 0 Å². The molecule has 102 valence electrons. The Balaban J connectivity index is 1.87. The third kappa shape index (κ3) is 2.19. The van der Waals surface area contributed by atoms with Gasteiger partial charge < -0.3 is 24.8 Å². The molecular weight excluding hydrogens is 248 g/mol. The first-order chi connectivity index (χ1) is 9.29. The summed E-state index contributed by atoms with van der Waals surface area (Å²) in [5, 5.41) is 11.8. The summed E-state index contributed by atoms with van der Waals surface area (Å²) in [6.07, 6.45) is 0. The number of benzene rings is 1. The van der Waals surface area contributed by atoms with Gasteiger partial charge in [-0.15, -0.1) is 0 Å². The molecule has 0 spiro atoms. The summed E-state index contributed by atoms with van der Waals surface area (Å²) < 4.78 is 11.0. The lowest BCUT2D eigenvalue weighted by molar-refractivity contribution is 0.169. The van der Waals surface area contributed by atoms with Crippen molar-refractivity contribution in [2.24, 2.45) is 0 Å². The van der Waals surface area contributed by atoms with Gasteiger partial charge in [-0.1, -0.05) is 6.07 Å². The smallest absolute Gasteiger partial charge is 0.318 e. The zero-order chi connectivity index (χ0) is 13.2. The van der Waals surface area contributed by atoms with Gasteiger partial charge in [0.25, 0.3) is 0 Å². The Morgan fingerprint density at radius 3 is 2.89 bits per heavy atom. The van der Waals surface area contributed by atoms with Gasteiger partial charge in [-0.2, -0.15) is 0 Å². The highest BCUT2D eigenvalue weighted by Crippen LogP contribution is 2.34. The van der Waals surface area contributed by atoms with Crippen molar-refractivity contribution in [2.75, 3.05) is 32.9 Å². The fourth-order valence-electron chi connectivity index (χ4n) is 2.47. The molecule has 2 aliphatic heterocycles. The van der Waals surface area contributed by atoms with E-state index in [9.17, 15) is 4.79 Å². The Morgan fingerprint density at radius 1 is 1.32 bits per heavy atom. The topological polar surface area (TPSA) is 71.0 Å². The van der Waals surface area contributed by atoms with E-state index in [4.69, 9.17) is 14.6 Å². The second kappa shape index (κ2) is 4.97. The average Bonchev–Trinajstić information content (AvgIpc) is 2.80. The first-order valence-electron chi connectivity index (χ1n) is 6.34. The first kappa shape index (κ1) is 12.1. The molecule has 0 radical (unpaired) electrons. The van der Waals surface area contributed by atoms with E-state index in [1.807, 2.05) is 18.2 Å². The summed E-state index contributed by atoms with van der Waals surface area (Å²) in [7, 11) is 0. The summed E-state index contributed by atoms with van der Waals surface area (Å²) in [5.74, 6) is 1.45. The molecule has 1 saturated heterocycles. The summed E-state index contributed by atoms with van der Waals surface area (Å²) in [5.41, 5.74) is 0.982. The van der Waals surface area contributed by atoms with Gasteiger partial charge in [0.05, 0.1) is 12.6 Å². The summed E-state index contributed by atoms with van der Waals surface area (Å²) in [6.45, 7) is 1.92. The molecule has 1 atom stereocenters. The molecule has 2 aliphatic rings. The lowest BCUT2D eigenvalue weighted by Crippen LogP contribution is -2.32. The van der Waals surface area contributed by atoms with E-state index in [2.05, 4.69) is 5.32 Å². The summed E-state index contributed by atoms with van der Waals surface area (Å²) >= 11 is 0. The van der Waals surface area contributed by atoms with Crippen LogP contribution in [0.1, 0.15) is 11.6 Å². The number of nitrogens with one attached hydrogen (secondary N) is 1. The normalized spacial score (nSPS) is 21.4. The van der Waals surface area contributed by atoms with Gasteiger partial charge in [0.2, 0.25) is 0 Å². The van der Waals surface area contributed by atoms with E-state index in [0.717, 1.165) is 11.3 Å². The van der Waals surface area contributed by atoms with Crippen LogP contribution < -0.4 is 14.8 Å². The van der Waals surface area contributed by atoms with Crippen molar-refractivity contribution in [1.82, 2.24) is 10.2 Å². The molecule has 6 heteroatoms. The molecule has 1 aromatic carbocycles. The maximum Gasteiger partial charge on any atom is 0.318 e. The lowest BCUT2D eigenvalue weighted by Gasteiger charge is -2.24. The molecule has 2 amide bonds. The van der Waals surface area contributed by atoms with Crippen LogP contribution in [-0.2, 0) is 0 Å². The van der Waals surface area contributed by atoms with Crippen molar-refractivity contribution >= 4 is 6.03 Å². The number of β-amino-alcohol motifs (C(OH)–C–C–N with tert-alkyl or cyclic N) is 1. The monoisotopic (exact) mass is 264 g/mol. The zero-order valence-electron chi connectivity index (χ0n) is 10.5. The molecule has 3 rings (SSSR count). The highest BCUT2D eigenvalue weighted by molar-refractivity contribution is 5.77. The molecule has 1 aromatic rings. The SMILES string of the molecule is O=C1NCC(c2ccc3c(c2)OCCO3)N1CCO. The van der Waals surface area contributed by atoms with Crippen LogP contribution in [0.3, 0.4) is 0 Å². The molecule has 1 fully saturated rings. The highest BCUT2D eigenvalue weighted by atomic mass is 16.6. The fourth-order valence-corrected chi connectivity index (χ4v) is 2.47. The van der Waals surface area contributed by atoms with Gasteiger partial charge >= 0.3 is 6.03 Å². The largest absolute Gasteiger partial charge is 0.486 e. The fraction of sp³-hybridized carbons (Fsp3) is 0.462. The highest BCUT2D eigenvalue weighted by Gasteiger charge is 2.32. The molecule has 0 saturated carbocycles. The van der Waals surface area contributed by atoms with Crippen LogP contribution in [0.15, 0.2) is 18.2 Å². The van der Waals surface area contributed by atoms with E-state index in [1.54, 1.807) is 4.90 Å². The summed E-state index contributed by atoms with van der Waals surface area (Å²) in [4.78, 5) is 13.3. The number of aliphatic hydroxyl groups is 1. The molecule has 0 aromatic heterocycles. The van der Waals surface area contributed by atoms with E-state index >= 15 is 0 Å². The number of fused-ring (bicyclic) bond motifs is 1. The predicted octanol–water partition coefficient (Wildman–Crippen LogP) is 0.516. The van der Waals surface area contributed by atoms with E-state index in [-0.39, 0.29) is 18.7 Å². The van der Waals surface area contributed by atoms with Gasteiger partial charge in [0, 0.05) is 13.1 Å². The molecule has 1 unspecified atom stereocenters. The van der Waals surface area contributed by atoms with E-state index < -0.39 is 0 Å². The van der Waals surface area contributed by atoms with Gasteiger partial charge in [-0.05, 0) is 17.7 Å². The Kier molecular flexibility index (Phi) is 3.16. The Morgan fingerprint density at radius 2 is 2.11 bits per heavy atom. The van der Waals surface area contributed by atoms with Crippen molar-refractivity contribution in [3.8, 4) is 11.5 Å². The minimum absolute atomic E-state index is 0.0472. The zero-order valence-corrected chi connectivity index (χ0v) is 10.5. The Labute approximate surface area is 110 Å². The molecular formula is C13H16N2O4. The standard InChI is InChI=1S/C13H16N2O4/c16-4-3-15-10(8-14-13(15)17)9-1-2-11-12(7-9)19-6-5-18-11/h1-2,7,10,16H,3-6,8H2,(H,14,17). The minimum atomic E-state index is -0.145. The molecule has 6 nitrogen and oxygen atoms in total. The van der Waals surface area contributed by atoms with Gasteiger partial charge in [-0.25, -0.2) is 4.79 Å². The van der Waals surface area contributed by atoms with E-state index in [1.165, 1.54) is 0 Å². The average molecular weight is 264 g/mol. The number of urea groups is 1. The minimum Gasteiger partial charge on any atom is -0.486 e. The number of amides is 2. The molecule has 2 N–H and O–H groups in total. The van der Waals surface area contributed by atoms with Crippen LogP contribution in [-0.4, -0.2) is 48.9 Å². The van der Waals surface area contributed by atoms with Crippen molar-refractivity contribution in [3.05, 3.63) is 23.8 Å². The molecule has 0 aliphatic carbocycles. The third-order valence-corrected chi connectivity index (χ3v) is 3.38. The van der Waals surface area contributed by atoms with Crippen molar-refractivity contribution in [3.63, 3.8) is 0 Å². The molecule has 2 heterocycles. The predicted molar refractivity (Wildman–Crippen MR) is 67.4 cm³/mol. The van der Waals surface area contributed by atoms with Gasteiger partial charge in [0.1, 0.15) is 13.2 Å². The van der Waals surface area contributed by atoms with Gasteiger partial charge in [-0.3, -0.25) is 0 Å². The quantitative estimate of drug-likeness (QED) is 0.834. The van der Waals surface area contributed by atoms with Crippen molar-refractivity contribution in [2.45, 2.75) is 6.04 Å². The van der Waals surface area contributed by atoms with Gasteiger partial charge in [0.15, 0.2) is 11.5 Å². The number of aliphatic hydroxyl groups excluding tert-OH is 1. The molecule has 0 bridgehead atoms. The second-order valence-electron chi connectivity index (χ2n) is 4.52.